The van der Waals surface area contributed by atoms with Gasteiger partial charge in [-0.05, 0) is 38.2 Å². The minimum absolute atomic E-state index is 0.00183. The van der Waals surface area contributed by atoms with Crippen LogP contribution in [0.5, 0.6) is 0 Å². The molecule has 142 valence electrons. The number of nitrogens with one attached hydrogen (secondary N) is 1. The molecule has 1 unspecified atom stereocenters. The molecule has 0 saturated carbocycles. The largest absolute Gasteiger partial charge is 0.356 e. The zero-order chi connectivity index (χ0) is 18.4. The van der Waals surface area contributed by atoms with Gasteiger partial charge in [0.1, 0.15) is 0 Å². The molecule has 2 aliphatic rings. The maximum absolute atomic E-state index is 12.9. The third kappa shape index (κ3) is 4.51. The van der Waals surface area contributed by atoms with Gasteiger partial charge in [-0.15, -0.1) is 0 Å². The van der Waals surface area contributed by atoms with Gasteiger partial charge < -0.3 is 15.1 Å². The first-order valence-corrected chi connectivity index (χ1v) is 9.77. The Kier molecular flexibility index (Phi) is 6.41. The summed E-state index contributed by atoms with van der Waals surface area (Å²) in [6, 6.07) is 1.80. The van der Waals surface area contributed by atoms with Gasteiger partial charge in [0.2, 0.25) is 17.8 Å². The van der Waals surface area contributed by atoms with Gasteiger partial charge in [-0.3, -0.25) is 9.59 Å². The second-order valence-corrected chi connectivity index (χ2v) is 7.22. The van der Waals surface area contributed by atoms with E-state index in [2.05, 4.69) is 27.1 Å². The van der Waals surface area contributed by atoms with E-state index in [1.807, 2.05) is 4.90 Å². The van der Waals surface area contributed by atoms with Crippen molar-refractivity contribution in [1.82, 2.24) is 20.2 Å². The molecule has 1 atom stereocenters. The molecular formula is C19H29N5O2. The highest BCUT2D eigenvalue weighted by atomic mass is 16.2. The summed E-state index contributed by atoms with van der Waals surface area (Å²) in [7, 11) is 0. The van der Waals surface area contributed by atoms with Crippen molar-refractivity contribution in [2.75, 3.05) is 37.6 Å². The number of aromatic nitrogens is 2. The van der Waals surface area contributed by atoms with Gasteiger partial charge in [0.25, 0.3) is 0 Å². The Morgan fingerprint density at radius 1 is 1.12 bits per heavy atom. The Morgan fingerprint density at radius 2 is 1.85 bits per heavy atom. The topological polar surface area (TPSA) is 78.4 Å². The lowest BCUT2D eigenvalue weighted by molar-refractivity contribution is -0.139. The fraction of sp³-hybridized carbons (Fsp3) is 0.684. The Hall–Kier alpha value is -2.18. The van der Waals surface area contributed by atoms with Gasteiger partial charge in [0, 0.05) is 51.0 Å². The second kappa shape index (κ2) is 8.96. The summed E-state index contributed by atoms with van der Waals surface area (Å²) in [5, 5.41) is 2.97. The summed E-state index contributed by atoms with van der Waals surface area (Å²) in [4.78, 5) is 37.7. The summed E-state index contributed by atoms with van der Waals surface area (Å²) in [6.45, 7) is 5.73. The van der Waals surface area contributed by atoms with Crippen molar-refractivity contribution in [3.8, 4) is 0 Å². The number of amides is 2. The lowest BCUT2D eigenvalue weighted by Crippen LogP contribution is -2.49. The van der Waals surface area contributed by atoms with Crippen LogP contribution in [0.3, 0.4) is 0 Å². The minimum atomic E-state index is -0.00183. The van der Waals surface area contributed by atoms with Crippen LogP contribution in [0.15, 0.2) is 18.5 Å². The van der Waals surface area contributed by atoms with E-state index in [9.17, 15) is 9.59 Å². The van der Waals surface area contributed by atoms with Gasteiger partial charge in [-0.1, -0.05) is 6.92 Å². The highest BCUT2D eigenvalue weighted by Crippen LogP contribution is 2.24. The van der Waals surface area contributed by atoms with Crippen LogP contribution >= 0.6 is 0 Å². The van der Waals surface area contributed by atoms with Gasteiger partial charge in [-0.2, -0.15) is 0 Å². The predicted molar refractivity (Wildman–Crippen MR) is 99.6 cm³/mol. The van der Waals surface area contributed by atoms with Crippen molar-refractivity contribution < 1.29 is 9.59 Å². The first-order chi connectivity index (χ1) is 12.7. The molecule has 1 N–H and O–H groups in total. The molecule has 2 fully saturated rings. The number of anilines is 1. The molecule has 0 aromatic carbocycles. The molecule has 1 aromatic heterocycles. The number of hydrogen-bond acceptors (Lipinski definition) is 5. The van der Waals surface area contributed by atoms with Gasteiger partial charge in [0.05, 0.1) is 5.92 Å². The molecular weight excluding hydrogens is 330 g/mol. The van der Waals surface area contributed by atoms with Crippen molar-refractivity contribution in [3.63, 3.8) is 0 Å². The maximum Gasteiger partial charge on any atom is 0.227 e. The van der Waals surface area contributed by atoms with E-state index in [0.717, 1.165) is 45.2 Å². The Balaban J connectivity index is 1.51. The fourth-order valence-electron chi connectivity index (χ4n) is 3.83. The zero-order valence-electron chi connectivity index (χ0n) is 15.6. The van der Waals surface area contributed by atoms with E-state index in [4.69, 9.17) is 0 Å². The highest BCUT2D eigenvalue weighted by Gasteiger charge is 2.33. The summed E-state index contributed by atoms with van der Waals surface area (Å²) < 4.78 is 0. The third-order valence-corrected chi connectivity index (χ3v) is 5.33. The summed E-state index contributed by atoms with van der Waals surface area (Å²) in [6.07, 6.45) is 7.85. The van der Waals surface area contributed by atoms with Crippen molar-refractivity contribution in [2.24, 2.45) is 11.8 Å². The summed E-state index contributed by atoms with van der Waals surface area (Å²) >= 11 is 0. The van der Waals surface area contributed by atoms with Gasteiger partial charge in [0.15, 0.2) is 0 Å². The fourth-order valence-corrected chi connectivity index (χ4v) is 3.83. The average Bonchev–Trinajstić information content (AvgIpc) is 2.72. The molecule has 26 heavy (non-hydrogen) atoms. The van der Waals surface area contributed by atoms with E-state index in [1.54, 1.807) is 18.5 Å². The van der Waals surface area contributed by atoms with Gasteiger partial charge in [-0.25, -0.2) is 9.97 Å². The van der Waals surface area contributed by atoms with Crippen molar-refractivity contribution in [2.45, 2.75) is 39.0 Å². The number of piperidine rings is 2. The molecule has 2 amide bonds. The second-order valence-electron chi connectivity index (χ2n) is 7.22. The van der Waals surface area contributed by atoms with E-state index in [1.165, 1.54) is 0 Å². The standard InChI is InChI=1S/C19H29N5O2/c1-2-8-20-17(25)15-6-12-23(13-7-15)18(26)16-5-3-11-24(14-16)19-21-9-4-10-22-19/h4,9-10,15-16H,2-3,5-8,11-14H2,1H3,(H,20,25). The molecule has 0 radical (unpaired) electrons. The molecule has 0 spiro atoms. The normalized spacial score (nSPS) is 21.5. The SMILES string of the molecule is CCCNC(=O)C1CCN(C(=O)C2CCCN(c3ncccn3)C2)CC1. The Bertz CT molecular complexity index is 601. The van der Waals surface area contributed by atoms with Crippen molar-refractivity contribution in [1.29, 1.82) is 0 Å². The number of hydrogen-bond donors (Lipinski definition) is 1. The highest BCUT2D eigenvalue weighted by molar-refractivity contribution is 5.81. The molecule has 7 nitrogen and oxygen atoms in total. The van der Waals surface area contributed by atoms with Crippen LogP contribution in [0.25, 0.3) is 0 Å². The van der Waals surface area contributed by atoms with Crippen LogP contribution in [0.1, 0.15) is 39.0 Å². The van der Waals surface area contributed by atoms with Crippen LogP contribution in [0.4, 0.5) is 5.95 Å². The quantitative estimate of drug-likeness (QED) is 0.861. The maximum atomic E-state index is 12.9. The molecule has 7 heteroatoms. The molecule has 3 heterocycles. The number of rotatable bonds is 5. The molecule has 1 aromatic rings. The van der Waals surface area contributed by atoms with Crippen molar-refractivity contribution in [3.05, 3.63) is 18.5 Å². The third-order valence-electron chi connectivity index (χ3n) is 5.33. The number of carbonyl (C=O) groups excluding carboxylic acids is 2. The monoisotopic (exact) mass is 359 g/mol. The Morgan fingerprint density at radius 3 is 2.54 bits per heavy atom. The first kappa shape index (κ1) is 18.6. The number of carbonyl (C=O) groups is 2. The molecule has 0 bridgehead atoms. The number of likely N-dealkylation sites (tertiary alicyclic amines) is 1. The van der Waals surface area contributed by atoms with E-state index in [0.29, 0.717) is 25.6 Å². The lowest BCUT2D eigenvalue weighted by Gasteiger charge is -2.37. The van der Waals surface area contributed by atoms with Crippen molar-refractivity contribution >= 4 is 17.8 Å². The minimum Gasteiger partial charge on any atom is -0.356 e. The van der Waals surface area contributed by atoms with E-state index >= 15 is 0 Å². The van der Waals surface area contributed by atoms with Crippen LogP contribution in [0, 0.1) is 11.8 Å². The molecule has 2 aliphatic heterocycles. The van der Waals surface area contributed by atoms with Crippen LogP contribution in [0.2, 0.25) is 0 Å². The first-order valence-electron chi connectivity index (χ1n) is 9.77. The molecule has 2 saturated heterocycles. The Labute approximate surface area is 155 Å². The van der Waals surface area contributed by atoms with Crippen LogP contribution < -0.4 is 10.2 Å². The predicted octanol–water partition coefficient (Wildman–Crippen LogP) is 1.46. The van der Waals surface area contributed by atoms with Crippen LogP contribution in [-0.4, -0.2) is 59.4 Å². The summed E-state index contributed by atoms with van der Waals surface area (Å²) in [5.74, 6) is 1.11. The zero-order valence-corrected chi connectivity index (χ0v) is 15.6. The number of nitrogens with zero attached hydrogens (tertiary/aromatic N) is 4. The molecule has 0 aliphatic carbocycles. The van der Waals surface area contributed by atoms with E-state index < -0.39 is 0 Å². The van der Waals surface area contributed by atoms with Gasteiger partial charge >= 0.3 is 0 Å². The summed E-state index contributed by atoms with van der Waals surface area (Å²) in [5.41, 5.74) is 0. The van der Waals surface area contributed by atoms with Crippen LogP contribution in [-0.2, 0) is 9.59 Å². The smallest absolute Gasteiger partial charge is 0.227 e. The average molecular weight is 359 g/mol. The van der Waals surface area contributed by atoms with E-state index in [-0.39, 0.29) is 23.7 Å². The lowest BCUT2D eigenvalue weighted by atomic mass is 9.92. The molecule has 3 rings (SSSR count).